The molecule has 0 fully saturated rings. The molecule has 0 aromatic heterocycles. The number of amides is 1. The highest BCUT2D eigenvalue weighted by molar-refractivity contribution is 5.92. The van der Waals surface area contributed by atoms with Crippen LogP contribution < -0.4 is 14.8 Å². The van der Waals surface area contributed by atoms with Gasteiger partial charge in [-0.1, -0.05) is 18.2 Å². The molecule has 7 heteroatoms. The monoisotopic (exact) mass is 361 g/mol. The first-order valence-electron chi connectivity index (χ1n) is 7.90. The van der Waals surface area contributed by atoms with E-state index in [1.807, 2.05) is 18.2 Å². The van der Waals surface area contributed by atoms with Gasteiger partial charge >= 0.3 is 5.97 Å². The van der Waals surface area contributed by atoms with E-state index in [1.54, 1.807) is 6.07 Å². The van der Waals surface area contributed by atoms with E-state index in [-0.39, 0.29) is 17.9 Å². The fourth-order valence-electron chi connectivity index (χ4n) is 2.24. The first-order chi connectivity index (χ1) is 12.5. The average Bonchev–Trinajstić information content (AvgIpc) is 2.65. The van der Waals surface area contributed by atoms with Gasteiger partial charge in [-0.05, 0) is 25.1 Å². The maximum absolute atomic E-state index is 13.9. The van der Waals surface area contributed by atoms with E-state index in [4.69, 9.17) is 14.2 Å². The summed E-state index contributed by atoms with van der Waals surface area (Å²) in [6, 6.07) is 11.0. The number of esters is 1. The summed E-state index contributed by atoms with van der Waals surface area (Å²) in [4.78, 5) is 24.2. The lowest BCUT2D eigenvalue weighted by atomic mass is 10.2. The Morgan fingerprint density at radius 1 is 1.12 bits per heavy atom. The number of ether oxygens (including phenoxy) is 3. The van der Waals surface area contributed by atoms with Gasteiger partial charge in [0, 0.05) is 18.2 Å². The molecule has 0 unspecified atom stereocenters. The van der Waals surface area contributed by atoms with Gasteiger partial charge < -0.3 is 19.5 Å². The molecule has 0 saturated carbocycles. The molecule has 0 heterocycles. The number of nitrogens with one attached hydrogen (secondary N) is 1. The number of para-hydroxylation sites is 1. The minimum absolute atomic E-state index is 0.210. The van der Waals surface area contributed by atoms with Gasteiger partial charge in [-0.15, -0.1) is 0 Å². The molecule has 2 aromatic rings. The largest absolute Gasteiger partial charge is 0.497 e. The second-order valence-corrected chi connectivity index (χ2v) is 5.42. The number of hydrogen-bond donors (Lipinski definition) is 1. The number of methoxy groups -OCH3 is 2. The molecule has 2 rings (SSSR count). The van der Waals surface area contributed by atoms with E-state index in [2.05, 4.69) is 5.32 Å². The minimum Gasteiger partial charge on any atom is -0.497 e. The quantitative estimate of drug-likeness (QED) is 0.768. The Morgan fingerprint density at radius 3 is 2.50 bits per heavy atom. The van der Waals surface area contributed by atoms with E-state index in [9.17, 15) is 14.0 Å². The van der Waals surface area contributed by atoms with Crippen LogP contribution in [0.2, 0.25) is 0 Å². The number of benzene rings is 2. The number of rotatable bonds is 7. The van der Waals surface area contributed by atoms with Gasteiger partial charge in [0.05, 0.1) is 19.8 Å². The van der Waals surface area contributed by atoms with E-state index in [1.165, 1.54) is 33.3 Å². The van der Waals surface area contributed by atoms with Crippen LogP contribution in [0, 0.1) is 5.82 Å². The third-order valence-corrected chi connectivity index (χ3v) is 3.69. The number of hydrogen-bond acceptors (Lipinski definition) is 5. The van der Waals surface area contributed by atoms with Crippen LogP contribution >= 0.6 is 0 Å². The van der Waals surface area contributed by atoms with Crippen molar-refractivity contribution in [2.24, 2.45) is 0 Å². The van der Waals surface area contributed by atoms with Crippen molar-refractivity contribution in [1.82, 2.24) is 5.32 Å². The number of halogens is 1. The number of carbonyl (C=O) groups is 2. The third-order valence-electron chi connectivity index (χ3n) is 3.69. The van der Waals surface area contributed by atoms with Crippen LogP contribution in [0.5, 0.6) is 11.5 Å². The molecule has 1 amide bonds. The number of carbonyl (C=O) groups excluding carboxylic acids is 2. The molecule has 1 N–H and O–H groups in total. The van der Waals surface area contributed by atoms with Crippen molar-refractivity contribution < 1.29 is 28.2 Å². The molecular weight excluding hydrogens is 341 g/mol. The standard InChI is InChI=1S/C19H20FNO5/c1-12(18(22)21-11-13-6-4-5-7-17(13)25-3)26-19(23)15-9-8-14(24-2)10-16(15)20/h4-10,12H,11H2,1-3H3,(H,21,22)/t12-/m0/s1. The van der Waals surface area contributed by atoms with Crippen LogP contribution in [0.15, 0.2) is 42.5 Å². The van der Waals surface area contributed by atoms with Gasteiger partial charge in [-0.2, -0.15) is 0 Å². The molecule has 0 aliphatic rings. The maximum atomic E-state index is 13.9. The van der Waals surface area contributed by atoms with E-state index in [0.717, 1.165) is 11.6 Å². The Bertz CT molecular complexity index is 793. The summed E-state index contributed by atoms with van der Waals surface area (Å²) in [5, 5.41) is 2.65. The zero-order chi connectivity index (χ0) is 19.1. The molecule has 6 nitrogen and oxygen atoms in total. The fraction of sp³-hybridized carbons (Fsp3) is 0.263. The minimum atomic E-state index is -1.08. The van der Waals surface area contributed by atoms with E-state index >= 15 is 0 Å². The second kappa shape index (κ2) is 8.84. The van der Waals surface area contributed by atoms with Crippen molar-refractivity contribution in [2.75, 3.05) is 14.2 Å². The van der Waals surface area contributed by atoms with Gasteiger partial charge in [0.1, 0.15) is 17.3 Å². The smallest absolute Gasteiger partial charge is 0.341 e. The lowest BCUT2D eigenvalue weighted by Gasteiger charge is -2.15. The highest BCUT2D eigenvalue weighted by Crippen LogP contribution is 2.18. The van der Waals surface area contributed by atoms with Gasteiger partial charge in [-0.3, -0.25) is 4.79 Å². The molecule has 2 aromatic carbocycles. The van der Waals surface area contributed by atoms with Gasteiger partial charge in [0.2, 0.25) is 0 Å². The van der Waals surface area contributed by atoms with Crippen LogP contribution in [0.25, 0.3) is 0 Å². The summed E-state index contributed by atoms with van der Waals surface area (Å²) in [5.41, 5.74) is 0.512. The summed E-state index contributed by atoms with van der Waals surface area (Å²) < 4.78 is 29.0. The normalized spacial score (nSPS) is 11.4. The zero-order valence-corrected chi connectivity index (χ0v) is 14.7. The molecule has 0 bridgehead atoms. The van der Waals surface area contributed by atoms with Crippen molar-refractivity contribution in [2.45, 2.75) is 19.6 Å². The summed E-state index contributed by atoms with van der Waals surface area (Å²) in [6.45, 7) is 1.62. The molecule has 26 heavy (non-hydrogen) atoms. The molecule has 1 atom stereocenters. The summed E-state index contributed by atoms with van der Waals surface area (Å²) in [6.07, 6.45) is -1.08. The summed E-state index contributed by atoms with van der Waals surface area (Å²) in [7, 11) is 2.93. The third kappa shape index (κ3) is 4.72. The molecule has 0 spiro atoms. The lowest BCUT2D eigenvalue weighted by Crippen LogP contribution is -2.35. The Hall–Kier alpha value is -3.09. The van der Waals surface area contributed by atoms with Crippen molar-refractivity contribution in [3.63, 3.8) is 0 Å². The highest BCUT2D eigenvalue weighted by Gasteiger charge is 2.21. The zero-order valence-electron chi connectivity index (χ0n) is 14.7. The SMILES string of the molecule is COc1ccc(C(=O)O[C@@H](C)C(=O)NCc2ccccc2OC)c(F)c1. The van der Waals surface area contributed by atoms with Crippen molar-refractivity contribution in [1.29, 1.82) is 0 Å². The average molecular weight is 361 g/mol. The van der Waals surface area contributed by atoms with E-state index < -0.39 is 23.8 Å². The van der Waals surface area contributed by atoms with Crippen molar-refractivity contribution in [3.05, 3.63) is 59.4 Å². The Morgan fingerprint density at radius 2 is 1.85 bits per heavy atom. The topological polar surface area (TPSA) is 73.9 Å². The van der Waals surface area contributed by atoms with Crippen LogP contribution in [-0.4, -0.2) is 32.2 Å². The fourth-order valence-corrected chi connectivity index (χ4v) is 2.24. The maximum Gasteiger partial charge on any atom is 0.341 e. The molecule has 138 valence electrons. The first-order valence-corrected chi connectivity index (χ1v) is 7.90. The summed E-state index contributed by atoms with van der Waals surface area (Å²) in [5.74, 6) is -1.29. The Labute approximate surface area is 150 Å². The molecule has 0 saturated heterocycles. The first kappa shape index (κ1) is 19.2. The summed E-state index contributed by atoms with van der Waals surface area (Å²) >= 11 is 0. The Kier molecular flexibility index (Phi) is 6.54. The second-order valence-electron chi connectivity index (χ2n) is 5.42. The van der Waals surface area contributed by atoms with E-state index in [0.29, 0.717) is 5.75 Å². The van der Waals surface area contributed by atoms with Crippen LogP contribution in [0.4, 0.5) is 4.39 Å². The van der Waals surface area contributed by atoms with Crippen molar-refractivity contribution >= 4 is 11.9 Å². The van der Waals surface area contributed by atoms with Crippen LogP contribution in [0.3, 0.4) is 0 Å². The molecule has 0 radical (unpaired) electrons. The predicted molar refractivity (Wildman–Crippen MR) is 92.7 cm³/mol. The highest BCUT2D eigenvalue weighted by atomic mass is 19.1. The molecular formula is C19H20FNO5. The van der Waals surface area contributed by atoms with Crippen LogP contribution in [0.1, 0.15) is 22.8 Å². The predicted octanol–water partition coefficient (Wildman–Crippen LogP) is 2.70. The molecule has 0 aliphatic carbocycles. The lowest BCUT2D eigenvalue weighted by molar-refractivity contribution is -0.129. The van der Waals surface area contributed by atoms with Gasteiger partial charge in [-0.25, -0.2) is 9.18 Å². The van der Waals surface area contributed by atoms with Gasteiger partial charge in [0.25, 0.3) is 5.91 Å². The van der Waals surface area contributed by atoms with Crippen LogP contribution in [-0.2, 0) is 16.1 Å². The molecule has 0 aliphatic heterocycles. The Balaban J connectivity index is 1.95. The van der Waals surface area contributed by atoms with Gasteiger partial charge in [0.15, 0.2) is 6.10 Å². The van der Waals surface area contributed by atoms with Crippen molar-refractivity contribution in [3.8, 4) is 11.5 Å².